The van der Waals surface area contributed by atoms with Crippen molar-refractivity contribution in [3.05, 3.63) is 59.2 Å². The number of rotatable bonds is 7. The molecule has 3 rings (SSSR count). The van der Waals surface area contributed by atoms with E-state index < -0.39 is 29.9 Å². The van der Waals surface area contributed by atoms with Gasteiger partial charge in [-0.1, -0.05) is 18.2 Å². The van der Waals surface area contributed by atoms with Crippen molar-refractivity contribution in [2.75, 3.05) is 25.1 Å². The van der Waals surface area contributed by atoms with Crippen LogP contribution in [0, 0.1) is 25.2 Å². The Morgan fingerprint density at radius 1 is 1.16 bits per heavy atom. The van der Waals surface area contributed by atoms with Crippen molar-refractivity contribution in [3.8, 4) is 11.8 Å². The van der Waals surface area contributed by atoms with Crippen LogP contribution in [0.5, 0.6) is 5.75 Å². The lowest BCUT2D eigenvalue weighted by Crippen LogP contribution is -2.45. The van der Waals surface area contributed by atoms with Crippen LogP contribution < -0.4 is 15.0 Å². The quantitative estimate of drug-likeness (QED) is 0.675. The first-order valence-electron chi connectivity index (χ1n) is 10.2. The van der Waals surface area contributed by atoms with E-state index in [0.717, 1.165) is 16.0 Å². The topological polar surface area (TPSA) is 103 Å². The Labute approximate surface area is 187 Å². The zero-order chi connectivity index (χ0) is 23.5. The number of amides is 4. The molecule has 0 radical (unpaired) electrons. The first-order chi connectivity index (χ1) is 15.2. The van der Waals surface area contributed by atoms with Crippen LogP contribution in [0.4, 0.5) is 10.5 Å². The highest BCUT2D eigenvalue weighted by atomic mass is 16.5. The average Bonchev–Trinajstić information content (AvgIpc) is 3.00. The number of nitriles is 1. The summed E-state index contributed by atoms with van der Waals surface area (Å²) in [4.78, 5) is 41.4. The summed E-state index contributed by atoms with van der Waals surface area (Å²) in [6, 6.07) is 13.8. The number of anilines is 1. The van der Waals surface area contributed by atoms with E-state index in [1.807, 2.05) is 32.0 Å². The number of methoxy groups -OCH3 is 1. The highest BCUT2D eigenvalue weighted by Crippen LogP contribution is 2.30. The number of ether oxygens (including phenoxy) is 1. The maximum absolute atomic E-state index is 13.2. The van der Waals surface area contributed by atoms with Crippen LogP contribution in [0.1, 0.15) is 30.0 Å². The van der Waals surface area contributed by atoms with E-state index >= 15 is 0 Å². The zero-order valence-electron chi connectivity index (χ0n) is 18.6. The molecule has 2 aromatic carbocycles. The van der Waals surface area contributed by atoms with Gasteiger partial charge >= 0.3 is 6.03 Å². The van der Waals surface area contributed by atoms with Crippen molar-refractivity contribution in [1.29, 1.82) is 5.26 Å². The van der Waals surface area contributed by atoms with E-state index in [1.54, 1.807) is 44.4 Å². The van der Waals surface area contributed by atoms with Crippen molar-refractivity contribution >= 4 is 23.5 Å². The van der Waals surface area contributed by atoms with Crippen molar-refractivity contribution in [2.24, 2.45) is 0 Å². The molecule has 0 bridgehead atoms. The second kappa shape index (κ2) is 9.10. The molecule has 1 atom stereocenters. The number of nitrogens with zero attached hydrogens (tertiary/aromatic N) is 3. The minimum Gasteiger partial charge on any atom is -0.497 e. The lowest BCUT2D eigenvalue weighted by molar-refractivity contribution is -0.134. The van der Waals surface area contributed by atoms with Crippen LogP contribution in [-0.2, 0) is 15.1 Å². The molecule has 8 heteroatoms. The number of benzene rings is 2. The third kappa shape index (κ3) is 4.28. The van der Waals surface area contributed by atoms with E-state index in [2.05, 4.69) is 5.32 Å². The zero-order valence-corrected chi connectivity index (χ0v) is 18.6. The van der Waals surface area contributed by atoms with Gasteiger partial charge in [-0.15, -0.1) is 0 Å². The molecular weight excluding hydrogens is 408 g/mol. The number of nitrogens with one attached hydrogen (secondary N) is 1. The molecule has 0 aliphatic carbocycles. The minimum absolute atomic E-state index is 0.127. The van der Waals surface area contributed by atoms with E-state index in [-0.39, 0.29) is 13.0 Å². The number of imide groups is 1. The first kappa shape index (κ1) is 22.8. The molecule has 1 fully saturated rings. The van der Waals surface area contributed by atoms with E-state index in [9.17, 15) is 14.4 Å². The number of aryl methyl sites for hydroxylation is 2. The average molecular weight is 434 g/mol. The predicted molar refractivity (Wildman–Crippen MR) is 119 cm³/mol. The highest BCUT2D eigenvalue weighted by molar-refractivity contribution is 6.10. The lowest BCUT2D eigenvalue weighted by Gasteiger charge is -2.25. The van der Waals surface area contributed by atoms with Crippen LogP contribution in [-0.4, -0.2) is 42.9 Å². The summed E-state index contributed by atoms with van der Waals surface area (Å²) in [5, 5.41) is 11.7. The fraction of sp³-hybridized carbons (Fsp3) is 0.333. The second-order valence-electron chi connectivity index (χ2n) is 7.90. The van der Waals surface area contributed by atoms with Crippen LogP contribution >= 0.6 is 0 Å². The van der Waals surface area contributed by atoms with Gasteiger partial charge in [-0.3, -0.25) is 14.5 Å². The van der Waals surface area contributed by atoms with Gasteiger partial charge in [0.2, 0.25) is 5.91 Å². The highest BCUT2D eigenvalue weighted by Gasteiger charge is 2.49. The summed E-state index contributed by atoms with van der Waals surface area (Å²) in [5.74, 6) is -0.324. The molecule has 1 heterocycles. The first-order valence-corrected chi connectivity index (χ1v) is 10.2. The Bertz CT molecular complexity index is 1090. The van der Waals surface area contributed by atoms with Crippen LogP contribution in [0.25, 0.3) is 0 Å². The number of carbonyl (C=O) groups excluding carboxylic acids is 3. The largest absolute Gasteiger partial charge is 0.497 e. The maximum Gasteiger partial charge on any atom is 0.325 e. The summed E-state index contributed by atoms with van der Waals surface area (Å²) in [5.41, 5.74) is 1.99. The van der Waals surface area contributed by atoms with Gasteiger partial charge < -0.3 is 15.0 Å². The molecule has 0 saturated carbocycles. The molecule has 0 aromatic heterocycles. The van der Waals surface area contributed by atoms with Gasteiger partial charge in [0.05, 0.1) is 19.6 Å². The molecule has 1 aliphatic heterocycles. The molecule has 2 aromatic rings. The number of urea groups is 1. The molecule has 1 aliphatic rings. The third-order valence-electron chi connectivity index (χ3n) is 5.79. The molecule has 1 N–H and O–H groups in total. The van der Waals surface area contributed by atoms with Crippen LogP contribution in [0.3, 0.4) is 0 Å². The molecule has 0 spiro atoms. The smallest absolute Gasteiger partial charge is 0.325 e. The van der Waals surface area contributed by atoms with Gasteiger partial charge in [-0.05, 0) is 61.7 Å². The molecule has 1 unspecified atom stereocenters. The Morgan fingerprint density at radius 3 is 2.44 bits per heavy atom. The Morgan fingerprint density at radius 2 is 1.84 bits per heavy atom. The molecular formula is C24H26N4O4. The van der Waals surface area contributed by atoms with Crippen molar-refractivity contribution < 1.29 is 19.1 Å². The summed E-state index contributed by atoms with van der Waals surface area (Å²) in [6.45, 7) is 5.25. The van der Waals surface area contributed by atoms with Gasteiger partial charge in [-0.25, -0.2) is 4.79 Å². The number of hydrogen-bond donors (Lipinski definition) is 1. The predicted octanol–water partition coefficient (Wildman–Crippen LogP) is 3.03. The van der Waals surface area contributed by atoms with Crippen LogP contribution in [0.2, 0.25) is 0 Å². The Balaban J connectivity index is 1.84. The van der Waals surface area contributed by atoms with Crippen molar-refractivity contribution in [3.63, 3.8) is 0 Å². The lowest BCUT2D eigenvalue weighted by atomic mass is 9.92. The van der Waals surface area contributed by atoms with Gasteiger partial charge in [0.15, 0.2) is 0 Å². The number of carbonyl (C=O) groups is 3. The summed E-state index contributed by atoms with van der Waals surface area (Å²) in [6.07, 6.45) is 0.127. The van der Waals surface area contributed by atoms with Crippen molar-refractivity contribution in [1.82, 2.24) is 10.2 Å². The summed E-state index contributed by atoms with van der Waals surface area (Å²) >= 11 is 0. The van der Waals surface area contributed by atoms with E-state index in [4.69, 9.17) is 10.00 Å². The van der Waals surface area contributed by atoms with Gasteiger partial charge in [-0.2, -0.15) is 5.26 Å². The minimum atomic E-state index is -1.29. The molecule has 8 nitrogen and oxygen atoms in total. The molecule has 32 heavy (non-hydrogen) atoms. The van der Waals surface area contributed by atoms with Crippen LogP contribution in [0.15, 0.2) is 42.5 Å². The maximum atomic E-state index is 13.2. The summed E-state index contributed by atoms with van der Waals surface area (Å²) < 4.78 is 5.15. The fourth-order valence-corrected chi connectivity index (χ4v) is 3.63. The van der Waals surface area contributed by atoms with Gasteiger partial charge in [0, 0.05) is 12.2 Å². The van der Waals surface area contributed by atoms with E-state index in [1.165, 1.54) is 4.90 Å². The normalized spacial score (nSPS) is 17.7. The SMILES string of the molecule is COc1ccc(C2(C)NC(=O)N(CC(=O)N(CCC#N)c3ccc(C)c(C)c3)C2=O)cc1. The molecule has 1 saturated heterocycles. The van der Waals surface area contributed by atoms with Gasteiger partial charge in [0.1, 0.15) is 17.8 Å². The van der Waals surface area contributed by atoms with E-state index in [0.29, 0.717) is 17.0 Å². The Kier molecular flexibility index (Phi) is 6.49. The fourth-order valence-electron chi connectivity index (χ4n) is 3.63. The summed E-state index contributed by atoms with van der Waals surface area (Å²) in [7, 11) is 1.54. The monoisotopic (exact) mass is 434 g/mol. The molecule has 166 valence electrons. The standard InChI is InChI=1S/C24H26N4O4/c1-16-6-9-19(14-17(16)2)27(13-5-12-25)21(29)15-28-22(30)24(3,26-23(28)31)18-7-10-20(32-4)11-8-18/h6-11,14H,5,13,15H2,1-4H3,(H,26,31). The molecule has 4 amide bonds. The Hall–Kier alpha value is -3.86. The third-order valence-corrected chi connectivity index (χ3v) is 5.79. The number of hydrogen-bond acceptors (Lipinski definition) is 5. The van der Waals surface area contributed by atoms with Crippen molar-refractivity contribution in [2.45, 2.75) is 32.7 Å². The second-order valence-corrected chi connectivity index (χ2v) is 7.90. The van der Waals surface area contributed by atoms with Gasteiger partial charge in [0.25, 0.3) is 5.91 Å².